The van der Waals surface area contributed by atoms with Gasteiger partial charge in [-0.1, -0.05) is 30.3 Å². The third-order valence-corrected chi connectivity index (χ3v) is 3.49. The van der Waals surface area contributed by atoms with E-state index < -0.39 is 24.5 Å². The zero-order valence-corrected chi connectivity index (χ0v) is 11.6. The lowest BCUT2D eigenvalue weighted by Crippen LogP contribution is -2.47. The molecule has 1 fully saturated rings. The molecule has 1 atom stereocenters. The molecular weight excluding hydrogens is 272 g/mol. The van der Waals surface area contributed by atoms with E-state index in [1.54, 1.807) is 4.90 Å². The van der Waals surface area contributed by atoms with Crippen molar-refractivity contribution in [2.75, 3.05) is 13.1 Å². The second-order valence-electron chi connectivity index (χ2n) is 5.02. The van der Waals surface area contributed by atoms with Crippen molar-refractivity contribution in [3.05, 3.63) is 35.9 Å². The van der Waals surface area contributed by atoms with Gasteiger partial charge in [-0.05, 0) is 18.4 Å². The van der Waals surface area contributed by atoms with E-state index in [4.69, 9.17) is 5.11 Å². The Morgan fingerprint density at radius 3 is 2.62 bits per heavy atom. The molecular formula is C15H18N2O4. The quantitative estimate of drug-likeness (QED) is 0.823. The summed E-state index contributed by atoms with van der Waals surface area (Å²) in [6, 6.07) is 8.79. The largest absolute Gasteiger partial charge is 0.480 e. The Labute approximate surface area is 122 Å². The van der Waals surface area contributed by atoms with Crippen molar-refractivity contribution in [3.8, 4) is 0 Å². The number of rotatable bonds is 5. The minimum Gasteiger partial charge on any atom is -0.480 e. The van der Waals surface area contributed by atoms with Crippen LogP contribution in [0.15, 0.2) is 30.3 Å². The normalized spacial score (nSPS) is 17.5. The van der Waals surface area contributed by atoms with Crippen LogP contribution in [-0.4, -0.2) is 46.9 Å². The second-order valence-corrected chi connectivity index (χ2v) is 5.02. The van der Waals surface area contributed by atoms with Crippen molar-refractivity contribution in [2.45, 2.75) is 25.3 Å². The van der Waals surface area contributed by atoms with Crippen molar-refractivity contribution >= 4 is 17.8 Å². The number of carbonyl (C=O) groups excluding carboxylic acids is 2. The molecule has 6 nitrogen and oxygen atoms in total. The zero-order chi connectivity index (χ0) is 15.2. The van der Waals surface area contributed by atoms with Gasteiger partial charge >= 0.3 is 5.97 Å². The van der Waals surface area contributed by atoms with Crippen LogP contribution < -0.4 is 5.32 Å². The van der Waals surface area contributed by atoms with E-state index >= 15 is 0 Å². The molecule has 0 aromatic heterocycles. The maximum absolute atomic E-state index is 12.3. The SMILES string of the molecule is O=C(O)CNC(=O)C1CCCN1C(=O)Cc1ccccc1. The smallest absolute Gasteiger partial charge is 0.322 e. The maximum atomic E-state index is 12.3. The van der Waals surface area contributed by atoms with Crippen molar-refractivity contribution in [1.29, 1.82) is 0 Å². The Kier molecular flexibility index (Phi) is 4.92. The van der Waals surface area contributed by atoms with Crippen molar-refractivity contribution < 1.29 is 19.5 Å². The number of nitrogens with zero attached hydrogens (tertiary/aromatic N) is 1. The third kappa shape index (κ3) is 4.05. The monoisotopic (exact) mass is 290 g/mol. The maximum Gasteiger partial charge on any atom is 0.322 e. The fourth-order valence-corrected chi connectivity index (χ4v) is 2.49. The van der Waals surface area contributed by atoms with Crippen LogP contribution >= 0.6 is 0 Å². The minimum atomic E-state index is -1.09. The first-order valence-electron chi connectivity index (χ1n) is 6.91. The molecule has 1 aliphatic heterocycles. The van der Waals surface area contributed by atoms with E-state index in [9.17, 15) is 14.4 Å². The molecule has 2 amide bonds. The molecule has 1 heterocycles. The van der Waals surface area contributed by atoms with Crippen molar-refractivity contribution in [2.24, 2.45) is 0 Å². The predicted octanol–water partition coefficient (Wildman–Crippen LogP) is 0.421. The summed E-state index contributed by atoms with van der Waals surface area (Å²) in [7, 11) is 0. The van der Waals surface area contributed by atoms with Crippen molar-refractivity contribution in [3.63, 3.8) is 0 Å². The van der Waals surface area contributed by atoms with Crippen LogP contribution in [0.5, 0.6) is 0 Å². The van der Waals surface area contributed by atoms with Gasteiger partial charge in [0.1, 0.15) is 12.6 Å². The lowest BCUT2D eigenvalue weighted by atomic mass is 10.1. The first kappa shape index (κ1) is 15.0. The number of likely N-dealkylation sites (tertiary alicyclic amines) is 1. The molecule has 1 aromatic carbocycles. The highest BCUT2D eigenvalue weighted by Gasteiger charge is 2.33. The van der Waals surface area contributed by atoms with Gasteiger partial charge in [0.15, 0.2) is 0 Å². The molecule has 0 saturated carbocycles. The summed E-state index contributed by atoms with van der Waals surface area (Å²) >= 11 is 0. The first-order valence-corrected chi connectivity index (χ1v) is 6.91. The van der Waals surface area contributed by atoms with Crippen LogP contribution in [0.4, 0.5) is 0 Å². The van der Waals surface area contributed by atoms with Gasteiger partial charge in [0.25, 0.3) is 0 Å². The van der Waals surface area contributed by atoms with Crippen molar-refractivity contribution in [1.82, 2.24) is 10.2 Å². The average molecular weight is 290 g/mol. The molecule has 2 N–H and O–H groups in total. The second kappa shape index (κ2) is 6.88. The topological polar surface area (TPSA) is 86.7 Å². The average Bonchev–Trinajstić information content (AvgIpc) is 2.95. The Balaban J connectivity index is 1.96. The van der Waals surface area contributed by atoms with E-state index in [0.717, 1.165) is 12.0 Å². The molecule has 21 heavy (non-hydrogen) atoms. The van der Waals surface area contributed by atoms with E-state index in [1.807, 2.05) is 30.3 Å². The highest BCUT2D eigenvalue weighted by molar-refractivity contribution is 5.90. The lowest BCUT2D eigenvalue weighted by Gasteiger charge is -2.23. The number of amides is 2. The van der Waals surface area contributed by atoms with Crippen LogP contribution in [0.2, 0.25) is 0 Å². The molecule has 1 saturated heterocycles. The summed E-state index contributed by atoms with van der Waals surface area (Å²) in [4.78, 5) is 36.3. The van der Waals surface area contributed by atoms with Gasteiger partial charge in [-0.25, -0.2) is 0 Å². The molecule has 6 heteroatoms. The van der Waals surface area contributed by atoms with Gasteiger partial charge in [-0.3, -0.25) is 14.4 Å². The number of nitrogens with one attached hydrogen (secondary N) is 1. The molecule has 0 spiro atoms. The van der Waals surface area contributed by atoms with Crippen LogP contribution in [0, 0.1) is 0 Å². The van der Waals surface area contributed by atoms with Crippen LogP contribution in [0.1, 0.15) is 18.4 Å². The molecule has 0 bridgehead atoms. The van der Waals surface area contributed by atoms with Gasteiger partial charge in [-0.15, -0.1) is 0 Å². The number of benzene rings is 1. The summed E-state index contributed by atoms with van der Waals surface area (Å²) in [6.45, 7) is 0.118. The summed E-state index contributed by atoms with van der Waals surface area (Å²) in [6.07, 6.45) is 1.58. The number of carboxylic acid groups (broad SMARTS) is 1. The van der Waals surface area contributed by atoms with E-state index in [1.165, 1.54) is 0 Å². The lowest BCUT2D eigenvalue weighted by molar-refractivity contribution is -0.140. The molecule has 1 aliphatic rings. The Morgan fingerprint density at radius 1 is 1.24 bits per heavy atom. The fraction of sp³-hybridized carbons (Fsp3) is 0.400. The number of hydrogen-bond acceptors (Lipinski definition) is 3. The number of hydrogen-bond donors (Lipinski definition) is 2. The van der Waals surface area contributed by atoms with Crippen LogP contribution in [-0.2, 0) is 20.8 Å². The predicted molar refractivity (Wildman–Crippen MR) is 75.5 cm³/mol. The highest BCUT2D eigenvalue weighted by Crippen LogP contribution is 2.18. The first-order chi connectivity index (χ1) is 10.1. The Bertz CT molecular complexity index is 530. The van der Waals surface area contributed by atoms with Gasteiger partial charge in [-0.2, -0.15) is 0 Å². The molecule has 112 valence electrons. The van der Waals surface area contributed by atoms with E-state index in [0.29, 0.717) is 13.0 Å². The van der Waals surface area contributed by atoms with Gasteiger partial charge in [0, 0.05) is 6.54 Å². The molecule has 2 rings (SSSR count). The standard InChI is InChI=1S/C15H18N2O4/c18-13(9-11-5-2-1-3-6-11)17-8-4-7-12(17)15(21)16-10-14(19)20/h1-3,5-6,12H,4,7-10H2,(H,16,21)(H,19,20). The van der Waals surface area contributed by atoms with Gasteiger partial charge in [0.05, 0.1) is 6.42 Å². The minimum absolute atomic E-state index is 0.103. The summed E-state index contributed by atoms with van der Waals surface area (Å²) in [5, 5.41) is 10.9. The molecule has 0 radical (unpaired) electrons. The summed E-state index contributed by atoms with van der Waals surface area (Å²) < 4.78 is 0. The fourth-order valence-electron chi connectivity index (χ4n) is 2.49. The van der Waals surface area contributed by atoms with Crippen LogP contribution in [0.3, 0.4) is 0 Å². The molecule has 0 aliphatic carbocycles. The van der Waals surface area contributed by atoms with E-state index in [2.05, 4.69) is 5.32 Å². The van der Waals surface area contributed by atoms with Gasteiger partial charge in [0.2, 0.25) is 11.8 Å². The zero-order valence-electron chi connectivity index (χ0n) is 11.6. The van der Waals surface area contributed by atoms with E-state index in [-0.39, 0.29) is 12.3 Å². The number of carboxylic acids is 1. The molecule has 1 unspecified atom stereocenters. The summed E-state index contributed by atoms with van der Waals surface area (Å²) in [5.41, 5.74) is 0.902. The Morgan fingerprint density at radius 2 is 1.95 bits per heavy atom. The number of aliphatic carboxylic acids is 1. The highest BCUT2D eigenvalue weighted by atomic mass is 16.4. The molecule has 1 aromatic rings. The summed E-state index contributed by atoms with van der Waals surface area (Å²) in [5.74, 6) is -1.59. The Hall–Kier alpha value is -2.37. The van der Waals surface area contributed by atoms with Crippen LogP contribution in [0.25, 0.3) is 0 Å². The number of carbonyl (C=O) groups is 3. The van der Waals surface area contributed by atoms with Gasteiger partial charge < -0.3 is 15.3 Å². The third-order valence-electron chi connectivity index (χ3n) is 3.49.